The molecule has 0 spiro atoms. The van der Waals surface area contributed by atoms with Gasteiger partial charge in [0, 0.05) is 96.0 Å². The summed E-state index contributed by atoms with van der Waals surface area (Å²) in [6, 6.07) is 30.4. The Hall–Kier alpha value is -9.88. The van der Waals surface area contributed by atoms with E-state index in [0.717, 1.165) is 79.0 Å². The standard InChI is InChI=1S/C27H26BrN7O3S.C26H23BrN6O4S.C17H14BrN5O3S/c1-33-9-11-34(12-10-33)14-16-3-5-17(6-4-16)31-25(36)23-22-21-24(29-15-30-26(21)39-23)35(27(37)32-22)18-7-8-19(28)20(13-18)38-2;1-36-19-12-17(6-7-18(19)27)33-23-20-21(31-26(33)35)22(38-25(20)29-14-28-23)24(34)30-16-4-2-15(3-5-16)13-32-8-10-37-11-9-32;1-22(2)16(24)13-12-11-14(19-7-20-15(11)27-13)23(17(25)21-12)8-4-5-9(18)10(6-8)26-3/h3-8,13,15H,9-12,14H2,1-2H3,(H,31,36)(H,32,37);2-7,12,14H,8-11,13H2,1H3,(H,30,34)(H,31,35);4-7H,1-3H3,(H,21,25). The molecule has 5 aliphatic rings. The number of carbonyl (C=O) groups is 6. The van der Waals surface area contributed by atoms with Gasteiger partial charge in [-0.05, 0) is 127 Å². The van der Waals surface area contributed by atoms with Crippen molar-refractivity contribution in [3.05, 3.63) is 161 Å². The molecule has 5 N–H and O–H groups in total. The van der Waals surface area contributed by atoms with E-state index in [9.17, 15) is 28.8 Å². The number of amides is 9. The summed E-state index contributed by atoms with van der Waals surface area (Å²) >= 11 is 14.0. The van der Waals surface area contributed by atoms with Crippen molar-refractivity contribution in [2.75, 3.05) is 136 Å². The van der Waals surface area contributed by atoms with Gasteiger partial charge < -0.3 is 55.3 Å². The normalized spacial score (nSPS) is 14.9. The average Bonchev–Trinajstić information content (AvgIpc) is 1.56. The number of thiophene rings is 3. The van der Waals surface area contributed by atoms with Gasteiger partial charge in [0.15, 0.2) is 17.5 Å². The summed E-state index contributed by atoms with van der Waals surface area (Å²) in [6.45, 7) is 9.30. The number of methoxy groups -OCH3 is 3. The maximum Gasteiger partial charge on any atom is 0.332 e. The molecular weight excluding hydrogens is 1590 g/mol. The molecule has 11 aromatic rings. The lowest BCUT2D eigenvalue weighted by molar-refractivity contribution is 0.0342. The van der Waals surface area contributed by atoms with Crippen molar-refractivity contribution in [3.8, 4) is 17.2 Å². The highest BCUT2D eigenvalue weighted by atomic mass is 79.9. The number of likely N-dealkylation sites (N-methyl/N-ethyl adjacent to an activating group) is 1. The summed E-state index contributed by atoms with van der Waals surface area (Å²) in [6.07, 6.45) is 4.19. The van der Waals surface area contributed by atoms with Crippen molar-refractivity contribution in [2.45, 2.75) is 13.1 Å². The van der Waals surface area contributed by atoms with E-state index in [0.29, 0.717) is 125 Å². The van der Waals surface area contributed by atoms with Gasteiger partial charge in [0.05, 0.1) is 98.2 Å². The summed E-state index contributed by atoms with van der Waals surface area (Å²) < 4.78 is 23.8. The second-order valence-corrected chi connectivity index (χ2v) is 29.8. The third-order valence-corrected chi connectivity index (χ3v) is 22.7. The van der Waals surface area contributed by atoms with E-state index >= 15 is 0 Å². The number of ether oxygens (including phenoxy) is 4. The summed E-state index contributed by atoms with van der Waals surface area (Å²) in [7, 11) is 10.1. The fourth-order valence-corrected chi connectivity index (χ4v) is 16.5. The summed E-state index contributed by atoms with van der Waals surface area (Å²) in [4.78, 5) is 121. The fraction of sp³-hybridized carbons (Fsp3) is 0.229. The van der Waals surface area contributed by atoms with Gasteiger partial charge in [-0.25, -0.2) is 59.0 Å². The van der Waals surface area contributed by atoms with Gasteiger partial charge in [-0.1, -0.05) is 24.3 Å². The van der Waals surface area contributed by atoms with E-state index in [1.54, 1.807) is 90.0 Å². The first kappa shape index (κ1) is 71.1. The number of hydrogen-bond acceptors (Lipinski definition) is 22. The molecule has 28 nitrogen and oxygen atoms in total. The fourth-order valence-electron chi connectivity index (χ4n) is 12.2. The zero-order chi connectivity index (χ0) is 72.6. The average molecular weight is 1650 g/mol. The zero-order valence-corrected chi connectivity index (χ0v) is 63.6. The molecule has 2 fully saturated rings. The van der Waals surface area contributed by atoms with Crippen molar-refractivity contribution in [1.29, 1.82) is 0 Å². The minimum atomic E-state index is -0.429. The van der Waals surface area contributed by atoms with E-state index < -0.39 is 18.1 Å². The van der Waals surface area contributed by atoms with Crippen LogP contribution in [0.4, 0.5) is 77.3 Å². The van der Waals surface area contributed by atoms with Crippen LogP contribution in [0.15, 0.2) is 136 Å². The Balaban J connectivity index is 0.000000134. The van der Waals surface area contributed by atoms with Crippen molar-refractivity contribution in [2.24, 2.45) is 0 Å². The highest BCUT2D eigenvalue weighted by Gasteiger charge is 2.38. The van der Waals surface area contributed by atoms with Crippen molar-refractivity contribution >= 4 is 211 Å². The Morgan fingerprint density at radius 3 is 1.19 bits per heavy atom. The number of hydrogen-bond donors (Lipinski definition) is 5. The van der Waals surface area contributed by atoms with Crippen LogP contribution in [0, 0.1) is 0 Å². The summed E-state index contributed by atoms with van der Waals surface area (Å²) in [5, 5.41) is 16.4. The number of halogens is 3. The van der Waals surface area contributed by atoms with Gasteiger partial charge in [-0.15, -0.1) is 34.0 Å². The van der Waals surface area contributed by atoms with Crippen LogP contribution >= 0.6 is 81.8 Å². The second-order valence-electron chi connectivity index (χ2n) is 24.3. The molecular formula is C70H63Br3N18O10S3. The molecule has 5 aromatic carbocycles. The van der Waals surface area contributed by atoms with Crippen LogP contribution in [0.5, 0.6) is 17.2 Å². The van der Waals surface area contributed by atoms with E-state index in [2.05, 4.69) is 126 Å². The second kappa shape index (κ2) is 30.4. The number of morpholine rings is 1. The number of nitrogens with one attached hydrogen (secondary N) is 5. The lowest BCUT2D eigenvalue weighted by atomic mass is 10.1. The Morgan fingerprint density at radius 2 is 0.837 bits per heavy atom. The van der Waals surface area contributed by atoms with Crippen LogP contribution in [-0.4, -0.2) is 180 Å². The van der Waals surface area contributed by atoms with Crippen molar-refractivity contribution in [1.82, 2.24) is 49.5 Å². The molecule has 34 heteroatoms. The maximum absolute atomic E-state index is 13.4. The van der Waals surface area contributed by atoms with Gasteiger partial charge in [0.25, 0.3) is 17.7 Å². The van der Waals surface area contributed by atoms with Crippen LogP contribution in [-0.2, 0) is 17.8 Å². The third-order valence-electron chi connectivity index (χ3n) is 17.5. The van der Waals surface area contributed by atoms with Crippen LogP contribution in [0.1, 0.15) is 40.1 Å². The Labute approximate surface area is 631 Å². The topological polar surface area (TPSA) is 300 Å². The van der Waals surface area contributed by atoms with E-state index in [1.807, 2.05) is 48.5 Å². The highest BCUT2D eigenvalue weighted by Crippen LogP contribution is 2.49. The van der Waals surface area contributed by atoms with E-state index in [-0.39, 0.29) is 17.7 Å². The molecule has 5 aliphatic heterocycles. The molecule has 16 rings (SSSR count). The van der Waals surface area contributed by atoms with Crippen LogP contribution in [0.3, 0.4) is 0 Å². The quantitative estimate of drug-likeness (QED) is 0.0637. The number of carbonyl (C=O) groups excluding carboxylic acids is 6. The molecule has 0 atom stereocenters. The third kappa shape index (κ3) is 14.3. The number of aromatic nitrogens is 6. The van der Waals surface area contributed by atoms with Crippen LogP contribution in [0.25, 0.3) is 30.6 Å². The monoisotopic (exact) mass is 1650 g/mol. The van der Waals surface area contributed by atoms with Gasteiger partial charge in [0.2, 0.25) is 0 Å². The SMILES string of the molecule is COc1cc(N2C(=O)Nc3c(C(=O)N(C)C)sc4ncnc2c34)ccc1Br.COc1cc(N2C(=O)Nc3c(C(=O)Nc4ccc(CN5CCN(C)CC5)cc4)sc4ncnc2c34)ccc1Br.COc1cc(N2C(=O)Nc3c(C(=O)Nc4ccc(CN5CCOCC5)cc4)sc4ncnc2c34)ccc1Br. The molecule has 0 aliphatic carbocycles. The zero-order valence-electron chi connectivity index (χ0n) is 56.4. The van der Waals surface area contributed by atoms with E-state index in [1.165, 1.54) is 83.7 Å². The number of benzene rings is 5. The van der Waals surface area contributed by atoms with Gasteiger partial charge in [0.1, 0.15) is 65.4 Å². The molecule has 0 saturated carbocycles. The Bertz CT molecular complexity index is 5210. The summed E-state index contributed by atoms with van der Waals surface area (Å²) in [5.41, 5.74) is 6.73. The predicted octanol–water partition coefficient (Wildman–Crippen LogP) is 14.2. The maximum atomic E-state index is 13.4. The van der Waals surface area contributed by atoms with Gasteiger partial charge in [-0.2, -0.15) is 0 Å². The molecule has 104 heavy (non-hydrogen) atoms. The van der Waals surface area contributed by atoms with Crippen molar-refractivity contribution in [3.63, 3.8) is 0 Å². The molecule has 9 amide bonds. The first-order valence-electron chi connectivity index (χ1n) is 32.2. The molecule has 11 heterocycles. The van der Waals surface area contributed by atoms with Gasteiger partial charge >= 0.3 is 18.1 Å². The van der Waals surface area contributed by atoms with Gasteiger partial charge in [-0.3, -0.25) is 24.2 Å². The summed E-state index contributed by atoms with van der Waals surface area (Å²) in [5.74, 6) is 2.15. The largest absolute Gasteiger partial charge is 0.495 e. The number of anilines is 11. The Kier molecular flexibility index (Phi) is 20.8. The number of nitrogens with zero attached hydrogens (tertiary/aromatic N) is 13. The smallest absolute Gasteiger partial charge is 0.332 e. The number of rotatable bonds is 15. The molecule has 2 saturated heterocycles. The number of piperazine rings is 1. The highest BCUT2D eigenvalue weighted by molar-refractivity contribution is 9.11. The van der Waals surface area contributed by atoms with Crippen LogP contribution < -0.4 is 55.5 Å². The minimum absolute atomic E-state index is 0.196. The molecule has 0 radical (unpaired) electrons. The lowest BCUT2D eigenvalue weighted by Crippen LogP contribution is -2.43. The first-order valence-corrected chi connectivity index (χ1v) is 37.1. The van der Waals surface area contributed by atoms with Crippen molar-refractivity contribution < 1.29 is 47.7 Å². The van der Waals surface area contributed by atoms with E-state index in [4.69, 9.17) is 18.9 Å². The molecule has 6 aromatic heterocycles. The number of urea groups is 3. The molecule has 0 unspecified atom stereocenters. The lowest BCUT2D eigenvalue weighted by Gasteiger charge is -2.32. The molecule has 0 bridgehead atoms. The van der Waals surface area contributed by atoms with Crippen LogP contribution in [0.2, 0.25) is 0 Å². The molecule has 532 valence electrons. The Morgan fingerprint density at radius 1 is 0.490 bits per heavy atom. The predicted molar refractivity (Wildman–Crippen MR) is 413 cm³/mol. The first-order chi connectivity index (χ1) is 50.3. The minimum Gasteiger partial charge on any atom is -0.495 e.